The minimum atomic E-state index is -0.226. The molecule has 1 heterocycles. The van der Waals surface area contributed by atoms with Crippen LogP contribution in [0.3, 0.4) is 0 Å². The Morgan fingerprint density at radius 2 is 2.20 bits per heavy atom. The maximum absolute atomic E-state index is 11.5. The molecule has 0 radical (unpaired) electrons. The number of nitrogens with zero attached hydrogens (tertiary/aromatic N) is 1. The molecule has 1 aromatic carbocycles. The molecule has 0 saturated carbocycles. The van der Waals surface area contributed by atoms with Crippen molar-refractivity contribution < 1.29 is 9.53 Å². The van der Waals surface area contributed by atoms with E-state index in [1.807, 2.05) is 19.1 Å². The highest BCUT2D eigenvalue weighted by molar-refractivity contribution is 5.82. The van der Waals surface area contributed by atoms with Gasteiger partial charge in [-0.1, -0.05) is 24.3 Å². The Balaban J connectivity index is 1.99. The summed E-state index contributed by atoms with van der Waals surface area (Å²) in [6, 6.07) is 8.61. The molecule has 20 heavy (non-hydrogen) atoms. The van der Waals surface area contributed by atoms with Gasteiger partial charge in [-0.25, -0.2) is 5.84 Å². The quantitative estimate of drug-likeness (QED) is 0.489. The zero-order valence-electron chi connectivity index (χ0n) is 12.1. The summed E-state index contributed by atoms with van der Waals surface area (Å²) in [6.07, 6.45) is 0. The van der Waals surface area contributed by atoms with Gasteiger partial charge in [0, 0.05) is 19.1 Å². The lowest BCUT2D eigenvalue weighted by atomic mass is 9.99. The summed E-state index contributed by atoms with van der Waals surface area (Å²) in [6.45, 7) is 7.52. The van der Waals surface area contributed by atoms with Crippen molar-refractivity contribution in [2.75, 3.05) is 19.8 Å². The highest BCUT2D eigenvalue weighted by Gasteiger charge is 2.19. The summed E-state index contributed by atoms with van der Waals surface area (Å²) in [5.41, 5.74) is 4.42. The van der Waals surface area contributed by atoms with E-state index >= 15 is 0 Å². The van der Waals surface area contributed by atoms with Gasteiger partial charge in [0.25, 0.3) is 0 Å². The molecule has 0 aliphatic carbocycles. The molecule has 5 heteroatoms. The number of morpholine rings is 1. The van der Waals surface area contributed by atoms with Crippen molar-refractivity contribution in [2.45, 2.75) is 32.4 Å². The molecule has 2 rings (SSSR count). The van der Waals surface area contributed by atoms with Crippen molar-refractivity contribution in [3.8, 4) is 0 Å². The first kappa shape index (κ1) is 15.0. The standard InChI is InChI=1S/C15H23N3O2/c1-11-10-20-8-7-18(11)9-13-3-5-14(6-4-13)12(2)15(19)17-16/h3-6,11-12H,7-10,16H2,1-2H3,(H,17,19). The Hall–Kier alpha value is -1.43. The topological polar surface area (TPSA) is 67.6 Å². The Morgan fingerprint density at radius 1 is 1.50 bits per heavy atom. The number of nitrogens with one attached hydrogen (secondary N) is 1. The third-order valence-electron chi connectivity index (χ3n) is 3.91. The molecule has 1 aliphatic heterocycles. The van der Waals surface area contributed by atoms with Crippen LogP contribution in [0.5, 0.6) is 0 Å². The molecule has 0 bridgehead atoms. The fourth-order valence-electron chi connectivity index (χ4n) is 2.42. The van der Waals surface area contributed by atoms with Crippen molar-refractivity contribution in [2.24, 2.45) is 5.84 Å². The number of carbonyl (C=O) groups excluding carboxylic acids is 1. The van der Waals surface area contributed by atoms with Gasteiger partial charge in [0.1, 0.15) is 0 Å². The molecule has 3 N–H and O–H groups in total. The molecule has 2 unspecified atom stereocenters. The molecular weight excluding hydrogens is 254 g/mol. The molecule has 1 amide bonds. The van der Waals surface area contributed by atoms with Crippen molar-refractivity contribution in [3.05, 3.63) is 35.4 Å². The molecule has 0 aromatic heterocycles. The van der Waals surface area contributed by atoms with Crippen LogP contribution in [0.25, 0.3) is 0 Å². The maximum Gasteiger partial charge on any atom is 0.241 e. The smallest absolute Gasteiger partial charge is 0.241 e. The van der Waals surface area contributed by atoms with Crippen LogP contribution in [0.4, 0.5) is 0 Å². The highest BCUT2D eigenvalue weighted by Crippen LogP contribution is 2.18. The Kier molecular flexibility index (Phi) is 5.11. The largest absolute Gasteiger partial charge is 0.379 e. The monoisotopic (exact) mass is 277 g/mol. The van der Waals surface area contributed by atoms with Crippen LogP contribution in [-0.2, 0) is 16.1 Å². The van der Waals surface area contributed by atoms with E-state index in [0.717, 1.165) is 31.9 Å². The Morgan fingerprint density at radius 3 is 2.80 bits per heavy atom. The van der Waals surface area contributed by atoms with Gasteiger partial charge in [0.05, 0.1) is 19.1 Å². The maximum atomic E-state index is 11.5. The number of hydrazine groups is 1. The normalized spacial score (nSPS) is 21.4. The molecule has 110 valence electrons. The number of ether oxygens (including phenoxy) is 1. The van der Waals surface area contributed by atoms with Crippen LogP contribution in [0.15, 0.2) is 24.3 Å². The van der Waals surface area contributed by atoms with Gasteiger partial charge in [-0.3, -0.25) is 15.1 Å². The van der Waals surface area contributed by atoms with Gasteiger partial charge in [0.15, 0.2) is 0 Å². The SMILES string of the molecule is CC(C(=O)NN)c1ccc(CN2CCOCC2C)cc1. The van der Waals surface area contributed by atoms with Gasteiger partial charge in [-0.05, 0) is 25.0 Å². The van der Waals surface area contributed by atoms with E-state index < -0.39 is 0 Å². The van der Waals surface area contributed by atoms with Gasteiger partial charge in [-0.2, -0.15) is 0 Å². The highest BCUT2D eigenvalue weighted by atomic mass is 16.5. The van der Waals surface area contributed by atoms with Gasteiger partial charge < -0.3 is 4.74 Å². The van der Waals surface area contributed by atoms with E-state index in [2.05, 4.69) is 29.4 Å². The Labute approximate surface area is 120 Å². The second-order valence-electron chi connectivity index (χ2n) is 5.37. The summed E-state index contributed by atoms with van der Waals surface area (Å²) in [5, 5.41) is 0. The van der Waals surface area contributed by atoms with Gasteiger partial charge >= 0.3 is 0 Å². The van der Waals surface area contributed by atoms with E-state index in [9.17, 15) is 4.79 Å². The number of benzene rings is 1. The van der Waals surface area contributed by atoms with Crippen LogP contribution in [0.2, 0.25) is 0 Å². The fraction of sp³-hybridized carbons (Fsp3) is 0.533. The van der Waals surface area contributed by atoms with Crippen LogP contribution in [0.1, 0.15) is 30.9 Å². The lowest BCUT2D eigenvalue weighted by molar-refractivity contribution is -0.122. The minimum absolute atomic E-state index is 0.167. The predicted molar refractivity (Wildman–Crippen MR) is 77.9 cm³/mol. The third-order valence-corrected chi connectivity index (χ3v) is 3.91. The molecule has 1 aliphatic rings. The van der Waals surface area contributed by atoms with Gasteiger partial charge in [-0.15, -0.1) is 0 Å². The first-order valence-corrected chi connectivity index (χ1v) is 7.03. The molecule has 0 spiro atoms. The van der Waals surface area contributed by atoms with Gasteiger partial charge in [0.2, 0.25) is 5.91 Å². The van der Waals surface area contributed by atoms with E-state index in [-0.39, 0.29) is 11.8 Å². The average Bonchev–Trinajstić information content (AvgIpc) is 2.49. The second-order valence-corrected chi connectivity index (χ2v) is 5.37. The first-order chi connectivity index (χ1) is 9.61. The summed E-state index contributed by atoms with van der Waals surface area (Å²) < 4.78 is 5.44. The third kappa shape index (κ3) is 3.56. The number of hydrogen-bond donors (Lipinski definition) is 2. The zero-order valence-corrected chi connectivity index (χ0v) is 12.1. The van der Waals surface area contributed by atoms with E-state index in [1.54, 1.807) is 0 Å². The van der Waals surface area contributed by atoms with E-state index in [4.69, 9.17) is 10.6 Å². The summed E-state index contributed by atoms with van der Waals surface area (Å²) >= 11 is 0. The summed E-state index contributed by atoms with van der Waals surface area (Å²) in [7, 11) is 0. The average molecular weight is 277 g/mol. The lowest BCUT2D eigenvalue weighted by Gasteiger charge is -2.33. The number of hydrogen-bond acceptors (Lipinski definition) is 4. The lowest BCUT2D eigenvalue weighted by Crippen LogP contribution is -2.42. The van der Waals surface area contributed by atoms with Crippen LogP contribution < -0.4 is 11.3 Å². The minimum Gasteiger partial charge on any atom is -0.379 e. The number of nitrogens with two attached hydrogens (primary N) is 1. The number of carbonyl (C=O) groups is 1. The molecule has 1 aromatic rings. The fourth-order valence-corrected chi connectivity index (χ4v) is 2.42. The molecule has 1 fully saturated rings. The molecule has 5 nitrogen and oxygen atoms in total. The summed E-state index contributed by atoms with van der Waals surface area (Å²) in [4.78, 5) is 13.9. The van der Waals surface area contributed by atoms with Crippen LogP contribution in [-0.4, -0.2) is 36.6 Å². The van der Waals surface area contributed by atoms with Crippen molar-refractivity contribution in [3.63, 3.8) is 0 Å². The van der Waals surface area contributed by atoms with Crippen molar-refractivity contribution in [1.29, 1.82) is 0 Å². The van der Waals surface area contributed by atoms with Crippen molar-refractivity contribution >= 4 is 5.91 Å². The predicted octanol–water partition coefficient (Wildman–Crippen LogP) is 1.00. The van der Waals surface area contributed by atoms with Crippen LogP contribution >= 0.6 is 0 Å². The zero-order chi connectivity index (χ0) is 14.5. The van der Waals surface area contributed by atoms with E-state index in [1.165, 1.54) is 5.56 Å². The summed E-state index contributed by atoms with van der Waals surface area (Å²) in [5.74, 6) is 4.77. The van der Waals surface area contributed by atoms with Crippen LogP contribution in [0, 0.1) is 0 Å². The van der Waals surface area contributed by atoms with E-state index in [0.29, 0.717) is 6.04 Å². The molecule has 1 saturated heterocycles. The Bertz CT molecular complexity index is 447. The second kappa shape index (κ2) is 6.83. The molecular formula is C15H23N3O2. The number of rotatable bonds is 4. The first-order valence-electron chi connectivity index (χ1n) is 7.03. The number of amides is 1. The molecule has 2 atom stereocenters. The van der Waals surface area contributed by atoms with Crippen molar-refractivity contribution in [1.82, 2.24) is 10.3 Å².